The topological polar surface area (TPSA) is 8.17 Å². The van der Waals surface area contributed by atoms with Gasteiger partial charge in [0.15, 0.2) is 0 Å². The molecular formula is C54H38N2S. The zero-order chi connectivity index (χ0) is 37.7. The molecule has 10 aromatic rings. The summed E-state index contributed by atoms with van der Waals surface area (Å²) in [4.78, 5) is 2.38. The van der Waals surface area contributed by atoms with Gasteiger partial charge in [-0.3, -0.25) is 0 Å². The number of rotatable bonds is 7. The highest BCUT2D eigenvalue weighted by molar-refractivity contribution is 7.25. The molecular weight excluding hydrogens is 709 g/mol. The second-order valence-corrected chi connectivity index (χ2v) is 15.9. The summed E-state index contributed by atoms with van der Waals surface area (Å²) in [7, 11) is 0. The number of hydrogen-bond acceptors (Lipinski definition) is 2. The van der Waals surface area contributed by atoms with E-state index in [0.717, 1.165) is 29.9 Å². The monoisotopic (exact) mass is 746 g/mol. The molecule has 3 heteroatoms. The van der Waals surface area contributed by atoms with Gasteiger partial charge >= 0.3 is 0 Å². The maximum atomic E-state index is 2.57. The summed E-state index contributed by atoms with van der Waals surface area (Å²) in [5, 5.41) is 3.97. The fraction of sp³-hybridized carbons (Fsp3) is 0.0370. The predicted octanol–water partition coefficient (Wildman–Crippen LogP) is 15.2. The molecule has 0 fully saturated rings. The van der Waals surface area contributed by atoms with Crippen LogP contribution >= 0.6 is 11.3 Å². The van der Waals surface area contributed by atoms with E-state index in [4.69, 9.17) is 0 Å². The van der Waals surface area contributed by atoms with Crippen LogP contribution in [0.2, 0.25) is 0 Å². The summed E-state index contributed by atoms with van der Waals surface area (Å²) in [6.45, 7) is 0. The maximum absolute atomic E-state index is 2.57. The first-order valence-electron chi connectivity index (χ1n) is 19.7. The van der Waals surface area contributed by atoms with E-state index in [1.165, 1.54) is 81.4 Å². The molecule has 57 heavy (non-hydrogen) atoms. The van der Waals surface area contributed by atoms with Crippen molar-refractivity contribution in [3.63, 3.8) is 0 Å². The van der Waals surface area contributed by atoms with Crippen molar-refractivity contribution in [3.05, 3.63) is 223 Å². The molecule has 0 saturated carbocycles. The molecule has 2 aromatic heterocycles. The van der Waals surface area contributed by atoms with Crippen LogP contribution in [-0.2, 0) is 6.42 Å². The van der Waals surface area contributed by atoms with Gasteiger partial charge in [0.1, 0.15) is 0 Å². The van der Waals surface area contributed by atoms with Crippen LogP contribution in [0.15, 0.2) is 206 Å². The van der Waals surface area contributed by atoms with Gasteiger partial charge in [0.25, 0.3) is 0 Å². The Bertz CT molecular complexity index is 3100. The molecule has 8 aromatic carbocycles. The first-order chi connectivity index (χ1) is 28.3. The lowest BCUT2D eigenvalue weighted by atomic mass is 9.89. The molecule has 270 valence electrons. The third kappa shape index (κ3) is 5.78. The minimum Gasteiger partial charge on any atom is -0.312 e. The number of anilines is 3. The molecule has 0 radical (unpaired) electrons. The second-order valence-electron chi connectivity index (χ2n) is 14.8. The molecule has 0 atom stereocenters. The summed E-state index contributed by atoms with van der Waals surface area (Å²) in [6, 6.07) is 72.9. The second kappa shape index (κ2) is 14.0. The molecule has 0 spiro atoms. The van der Waals surface area contributed by atoms with Gasteiger partial charge in [0.05, 0.1) is 11.2 Å². The molecule has 0 amide bonds. The normalized spacial score (nSPS) is 12.5. The number of nitrogens with zero attached hydrogens (tertiary/aromatic N) is 2. The van der Waals surface area contributed by atoms with Crippen molar-refractivity contribution in [1.82, 2.24) is 4.57 Å². The van der Waals surface area contributed by atoms with E-state index in [9.17, 15) is 0 Å². The van der Waals surface area contributed by atoms with Crippen LogP contribution in [-0.4, -0.2) is 4.57 Å². The first kappa shape index (κ1) is 33.4. The number of allylic oxidation sites excluding steroid dienone is 1. The molecule has 0 N–H and O–H groups in total. The fourth-order valence-electron chi connectivity index (χ4n) is 8.89. The lowest BCUT2D eigenvalue weighted by Gasteiger charge is -2.27. The standard InChI is InChI=1S/C54H38N2S/c1-3-14-37(15-4-1)38-28-30-39(31-29-38)40-32-34-43(35-33-40)55(42-17-5-2-6-18-42)44-19-11-16-41(36-44)45-22-12-24-49-53(45)46-20-7-9-23-48(46)56(49)50-25-13-27-52-54(50)47-21-8-10-26-51(47)57-52/h1-11,13-23,25-36H,12,24H2. The summed E-state index contributed by atoms with van der Waals surface area (Å²) >= 11 is 1.88. The van der Waals surface area contributed by atoms with Gasteiger partial charge in [-0.25, -0.2) is 0 Å². The number of thiophene rings is 1. The van der Waals surface area contributed by atoms with Crippen LogP contribution < -0.4 is 4.90 Å². The van der Waals surface area contributed by atoms with Crippen LogP contribution in [0, 0.1) is 0 Å². The average molecular weight is 747 g/mol. The van der Waals surface area contributed by atoms with Crippen LogP contribution in [0.25, 0.3) is 64.6 Å². The number of para-hydroxylation sites is 2. The summed E-state index contributed by atoms with van der Waals surface area (Å²) < 4.78 is 5.23. The van der Waals surface area contributed by atoms with Crippen LogP contribution in [0.4, 0.5) is 17.1 Å². The Labute approximate surface area is 336 Å². The van der Waals surface area contributed by atoms with E-state index in [-0.39, 0.29) is 0 Å². The Hall–Kier alpha value is -6.94. The Kier molecular flexibility index (Phi) is 8.19. The SMILES string of the molecule is C1=C(c2cccc(N(c3ccccc3)c3ccc(-c4ccc(-c5ccccc5)cc4)cc3)c2)c2c(n(-c3cccc4sc5ccccc5c34)c3ccccc23)CC1. The number of hydrogen-bond donors (Lipinski definition) is 0. The van der Waals surface area contributed by atoms with Crippen molar-refractivity contribution in [2.24, 2.45) is 0 Å². The fourth-order valence-corrected chi connectivity index (χ4v) is 10.0. The quantitative estimate of drug-likeness (QED) is 0.158. The molecule has 2 nitrogen and oxygen atoms in total. The van der Waals surface area contributed by atoms with Crippen molar-refractivity contribution in [1.29, 1.82) is 0 Å². The Balaban J connectivity index is 0.998. The molecule has 2 heterocycles. The average Bonchev–Trinajstić information content (AvgIpc) is 3.84. The molecule has 0 aliphatic heterocycles. The van der Waals surface area contributed by atoms with E-state index in [1.54, 1.807) is 0 Å². The van der Waals surface area contributed by atoms with Crippen molar-refractivity contribution in [3.8, 4) is 27.9 Å². The number of fused-ring (bicyclic) bond motifs is 6. The predicted molar refractivity (Wildman–Crippen MR) is 244 cm³/mol. The maximum Gasteiger partial charge on any atom is 0.0552 e. The van der Waals surface area contributed by atoms with Crippen LogP contribution in [0.5, 0.6) is 0 Å². The minimum absolute atomic E-state index is 0.986. The molecule has 0 bridgehead atoms. The van der Waals surface area contributed by atoms with Gasteiger partial charge in [-0.15, -0.1) is 11.3 Å². The third-order valence-corrected chi connectivity index (χ3v) is 12.6. The van der Waals surface area contributed by atoms with Crippen molar-refractivity contribution >= 4 is 65.0 Å². The Morgan fingerprint density at radius 2 is 1.00 bits per heavy atom. The first-order valence-corrected chi connectivity index (χ1v) is 20.6. The Morgan fingerprint density at radius 1 is 0.439 bits per heavy atom. The van der Waals surface area contributed by atoms with E-state index in [0.29, 0.717) is 0 Å². The summed E-state index contributed by atoms with van der Waals surface area (Å²) in [5.74, 6) is 0. The lowest BCUT2D eigenvalue weighted by Crippen LogP contribution is -2.10. The lowest BCUT2D eigenvalue weighted by molar-refractivity contribution is 0.887. The van der Waals surface area contributed by atoms with E-state index < -0.39 is 0 Å². The molecule has 0 saturated heterocycles. The largest absolute Gasteiger partial charge is 0.312 e. The van der Waals surface area contributed by atoms with Gasteiger partial charge in [-0.2, -0.15) is 0 Å². The third-order valence-electron chi connectivity index (χ3n) is 11.5. The summed E-state index contributed by atoms with van der Waals surface area (Å²) in [5.41, 5.74) is 16.0. The van der Waals surface area contributed by atoms with E-state index in [1.807, 2.05) is 11.3 Å². The number of benzene rings is 8. The van der Waals surface area contributed by atoms with E-state index >= 15 is 0 Å². The van der Waals surface area contributed by atoms with Crippen molar-refractivity contribution in [2.45, 2.75) is 12.8 Å². The highest BCUT2D eigenvalue weighted by atomic mass is 32.1. The zero-order valence-electron chi connectivity index (χ0n) is 31.3. The molecule has 11 rings (SSSR count). The van der Waals surface area contributed by atoms with Crippen molar-refractivity contribution in [2.75, 3.05) is 4.90 Å². The van der Waals surface area contributed by atoms with Gasteiger partial charge in [0, 0.05) is 53.9 Å². The van der Waals surface area contributed by atoms with Crippen LogP contribution in [0.3, 0.4) is 0 Å². The highest BCUT2D eigenvalue weighted by Crippen LogP contribution is 2.45. The minimum atomic E-state index is 0.986. The van der Waals surface area contributed by atoms with Crippen molar-refractivity contribution < 1.29 is 0 Å². The highest BCUT2D eigenvalue weighted by Gasteiger charge is 2.26. The zero-order valence-corrected chi connectivity index (χ0v) is 32.2. The number of aromatic nitrogens is 1. The Morgan fingerprint density at radius 3 is 1.77 bits per heavy atom. The summed E-state index contributed by atoms with van der Waals surface area (Å²) in [6.07, 6.45) is 4.44. The van der Waals surface area contributed by atoms with Gasteiger partial charge < -0.3 is 9.47 Å². The molecule has 0 unspecified atom stereocenters. The van der Waals surface area contributed by atoms with E-state index in [2.05, 4.69) is 216 Å². The van der Waals surface area contributed by atoms with Gasteiger partial charge in [0.2, 0.25) is 0 Å². The van der Waals surface area contributed by atoms with Gasteiger partial charge in [-0.05, 0) is 107 Å². The molecule has 1 aliphatic rings. The van der Waals surface area contributed by atoms with Gasteiger partial charge in [-0.1, -0.05) is 146 Å². The van der Waals surface area contributed by atoms with Crippen LogP contribution in [0.1, 0.15) is 23.2 Å². The molecule has 1 aliphatic carbocycles. The smallest absolute Gasteiger partial charge is 0.0552 e.